The molecule has 4 heteroatoms. The molecule has 0 fully saturated rings. The predicted molar refractivity (Wildman–Crippen MR) is 80.4 cm³/mol. The molecule has 3 rings (SSSR count). The number of aromatic hydroxyl groups is 1. The third-order valence-electron chi connectivity index (χ3n) is 3.20. The molecular formula is C16H12ClNO2. The monoisotopic (exact) mass is 285 g/mol. The summed E-state index contributed by atoms with van der Waals surface area (Å²) in [7, 11) is 1.61. The lowest BCUT2D eigenvalue weighted by Gasteiger charge is -2.10. The van der Waals surface area contributed by atoms with Crippen molar-refractivity contribution in [1.82, 2.24) is 4.98 Å². The lowest BCUT2D eigenvalue weighted by atomic mass is 10.0. The van der Waals surface area contributed by atoms with Crippen LogP contribution in [-0.4, -0.2) is 17.2 Å². The summed E-state index contributed by atoms with van der Waals surface area (Å²) in [4.78, 5) is 4.20. The number of phenolic OH excluding ortho intramolecular Hbond substituents is 1. The second kappa shape index (κ2) is 5.02. The zero-order valence-corrected chi connectivity index (χ0v) is 11.6. The van der Waals surface area contributed by atoms with Crippen LogP contribution in [0.4, 0.5) is 0 Å². The molecule has 3 nitrogen and oxygen atoms in total. The number of phenols is 1. The summed E-state index contributed by atoms with van der Waals surface area (Å²) in [5, 5.41) is 11.7. The van der Waals surface area contributed by atoms with Crippen LogP contribution in [-0.2, 0) is 0 Å². The Kier molecular flexibility index (Phi) is 3.20. The Morgan fingerprint density at radius 3 is 2.80 bits per heavy atom. The molecule has 0 amide bonds. The van der Waals surface area contributed by atoms with Crippen LogP contribution < -0.4 is 4.74 Å². The summed E-state index contributed by atoms with van der Waals surface area (Å²) in [6.45, 7) is 0. The molecular weight excluding hydrogens is 274 g/mol. The van der Waals surface area contributed by atoms with Crippen LogP contribution >= 0.6 is 11.6 Å². The standard InChI is InChI=1S/C16H12ClNO2/c1-20-11-5-2-4-10(8-11)13-9-14(17)12-6-3-7-18-15(12)16(13)19/h2-9,19H,1H3. The molecule has 20 heavy (non-hydrogen) atoms. The third-order valence-corrected chi connectivity index (χ3v) is 3.51. The molecule has 0 unspecified atom stereocenters. The molecule has 0 radical (unpaired) electrons. The van der Waals surface area contributed by atoms with E-state index < -0.39 is 0 Å². The molecule has 3 aromatic rings. The quantitative estimate of drug-likeness (QED) is 0.764. The molecule has 0 saturated heterocycles. The van der Waals surface area contributed by atoms with E-state index in [1.165, 1.54) is 0 Å². The highest BCUT2D eigenvalue weighted by Crippen LogP contribution is 2.39. The summed E-state index contributed by atoms with van der Waals surface area (Å²) in [6.07, 6.45) is 1.63. The molecule has 1 aromatic heterocycles. The molecule has 0 saturated carbocycles. The number of methoxy groups -OCH3 is 1. The molecule has 100 valence electrons. The van der Waals surface area contributed by atoms with Gasteiger partial charge in [0, 0.05) is 17.1 Å². The minimum absolute atomic E-state index is 0.123. The zero-order valence-electron chi connectivity index (χ0n) is 10.8. The highest BCUT2D eigenvalue weighted by molar-refractivity contribution is 6.36. The third kappa shape index (κ3) is 2.06. The largest absolute Gasteiger partial charge is 0.505 e. The molecule has 2 aromatic carbocycles. The average Bonchev–Trinajstić information content (AvgIpc) is 2.51. The van der Waals surface area contributed by atoms with Crippen molar-refractivity contribution in [2.45, 2.75) is 0 Å². The lowest BCUT2D eigenvalue weighted by molar-refractivity contribution is 0.415. The van der Waals surface area contributed by atoms with E-state index in [0.717, 1.165) is 16.7 Å². The van der Waals surface area contributed by atoms with Gasteiger partial charge in [0.15, 0.2) is 0 Å². The van der Waals surface area contributed by atoms with Crippen molar-refractivity contribution < 1.29 is 9.84 Å². The first-order chi connectivity index (χ1) is 9.70. The first kappa shape index (κ1) is 12.8. The van der Waals surface area contributed by atoms with Gasteiger partial charge in [0.25, 0.3) is 0 Å². The topological polar surface area (TPSA) is 42.4 Å². The van der Waals surface area contributed by atoms with Gasteiger partial charge in [0.2, 0.25) is 0 Å². The van der Waals surface area contributed by atoms with Gasteiger partial charge < -0.3 is 9.84 Å². The van der Waals surface area contributed by atoms with Gasteiger partial charge >= 0.3 is 0 Å². The Balaban J connectivity index is 2.28. The highest BCUT2D eigenvalue weighted by atomic mass is 35.5. The Labute approximate surface area is 121 Å². The molecule has 0 aliphatic rings. The van der Waals surface area contributed by atoms with Crippen molar-refractivity contribution in [2.24, 2.45) is 0 Å². The van der Waals surface area contributed by atoms with Crippen molar-refractivity contribution in [3.63, 3.8) is 0 Å². The lowest BCUT2D eigenvalue weighted by Crippen LogP contribution is -1.87. The van der Waals surface area contributed by atoms with E-state index in [-0.39, 0.29) is 5.75 Å². The van der Waals surface area contributed by atoms with E-state index in [9.17, 15) is 5.11 Å². The second-order valence-corrected chi connectivity index (χ2v) is 4.79. The Morgan fingerprint density at radius 1 is 1.15 bits per heavy atom. The highest BCUT2D eigenvalue weighted by Gasteiger charge is 2.13. The van der Waals surface area contributed by atoms with E-state index in [2.05, 4.69) is 4.98 Å². The first-order valence-corrected chi connectivity index (χ1v) is 6.49. The minimum Gasteiger partial charge on any atom is -0.505 e. The summed E-state index contributed by atoms with van der Waals surface area (Å²) in [5.41, 5.74) is 1.97. The summed E-state index contributed by atoms with van der Waals surface area (Å²) >= 11 is 6.28. The van der Waals surface area contributed by atoms with Crippen LogP contribution in [0.1, 0.15) is 0 Å². The number of halogens is 1. The van der Waals surface area contributed by atoms with Gasteiger partial charge in [-0.2, -0.15) is 0 Å². The van der Waals surface area contributed by atoms with E-state index in [1.54, 1.807) is 25.4 Å². The van der Waals surface area contributed by atoms with Gasteiger partial charge in [-0.3, -0.25) is 4.98 Å². The maximum Gasteiger partial charge on any atom is 0.149 e. The van der Waals surface area contributed by atoms with Crippen LogP contribution in [0.2, 0.25) is 5.02 Å². The van der Waals surface area contributed by atoms with Crippen molar-refractivity contribution in [2.75, 3.05) is 7.11 Å². The smallest absolute Gasteiger partial charge is 0.149 e. The van der Waals surface area contributed by atoms with Crippen molar-refractivity contribution in [1.29, 1.82) is 0 Å². The summed E-state index contributed by atoms with van der Waals surface area (Å²) in [6, 6.07) is 12.8. The van der Waals surface area contributed by atoms with Crippen molar-refractivity contribution >= 4 is 22.5 Å². The molecule has 0 bridgehead atoms. The number of hydrogen-bond donors (Lipinski definition) is 1. The first-order valence-electron chi connectivity index (χ1n) is 6.11. The average molecular weight is 286 g/mol. The van der Waals surface area contributed by atoms with Crippen LogP contribution in [0.25, 0.3) is 22.0 Å². The Bertz CT molecular complexity index is 787. The number of pyridine rings is 1. The van der Waals surface area contributed by atoms with Gasteiger partial charge in [-0.25, -0.2) is 0 Å². The normalized spacial score (nSPS) is 10.7. The summed E-state index contributed by atoms with van der Waals surface area (Å²) in [5.74, 6) is 0.845. The van der Waals surface area contributed by atoms with E-state index in [0.29, 0.717) is 16.1 Å². The van der Waals surface area contributed by atoms with Crippen LogP contribution in [0.3, 0.4) is 0 Å². The number of ether oxygens (including phenoxy) is 1. The fourth-order valence-electron chi connectivity index (χ4n) is 2.20. The Hall–Kier alpha value is -2.26. The summed E-state index contributed by atoms with van der Waals surface area (Å²) < 4.78 is 5.20. The molecule has 0 aliphatic heterocycles. The fraction of sp³-hybridized carbons (Fsp3) is 0.0625. The van der Waals surface area contributed by atoms with Gasteiger partial charge in [-0.05, 0) is 35.9 Å². The van der Waals surface area contributed by atoms with E-state index in [1.807, 2.05) is 30.3 Å². The maximum absolute atomic E-state index is 10.4. The van der Waals surface area contributed by atoms with E-state index >= 15 is 0 Å². The zero-order chi connectivity index (χ0) is 14.1. The number of hydrogen-bond acceptors (Lipinski definition) is 3. The van der Waals surface area contributed by atoms with Crippen LogP contribution in [0.5, 0.6) is 11.5 Å². The minimum atomic E-state index is 0.123. The molecule has 0 spiro atoms. The molecule has 0 atom stereocenters. The van der Waals surface area contributed by atoms with Crippen molar-refractivity contribution in [3.05, 3.63) is 53.7 Å². The predicted octanol–water partition coefficient (Wildman–Crippen LogP) is 4.27. The van der Waals surface area contributed by atoms with E-state index in [4.69, 9.17) is 16.3 Å². The van der Waals surface area contributed by atoms with Crippen molar-refractivity contribution in [3.8, 4) is 22.6 Å². The fourth-order valence-corrected chi connectivity index (χ4v) is 2.46. The number of rotatable bonds is 2. The number of benzene rings is 2. The van der Waals surface area contributed by atoms with Crippen LogP contribution in [0, 0.1) is 0 Å². The van der Waals surface area contributed by atoms with Crippen LogP contribution in [0.15, 0.2) is 48.7 Å². The van der Waals surface area contributed by atoms with Gasteiger partial charge in [-0.15, -0.1) is 0 Å². The molecule has 1 N–H and O–H groups in total. The number of aromatic nitrogens is 1. The number of nitrogens with zero attached hydrogens (tertiary/aromatic N) is 1. The molecule has 0 aliphatic carbocycles. The van der Waals surface area contributed by atoms with Gasteiger partial charge in [0.1, 0.15) is 17.0 Å². The second-order valence-electron chi connectivity index (χ2n) is 4.39. The van der Waals surface area contributed by atoms with Gasteiger partial charge in [0.05, 0.1) is 12.1 Å². The molecule has 1 heterocycles. The SMILES string of the molecule is COc1cccc(-c2cc(Cl)c3cccnc3c2O)c1. The van der Waals surface area contributed by atoms with Gasteiger partial charge in [-0.1, -0.05) is 23.7 Å². The Morgan fingerprint density at radius 2 is 2.00 bits per heavy atom. The maximum atomic E-state index is 10.4. The number of fused-ring (bicyclic) bond motifs is 1.